The number of fused-ring (bicyclic) bond motifs is 1. The molecule has 6 nitrogen and oxygen atoms in total. The Labute approximate surface area is 115 Å². The monoisotopic (exact) mass is 273 g/mol. The van der Waals surface area contributed by atoms with E-state index in [1.807, 2.05) is 11.5 Å². The van der Waals surface area contributed by atoms with Crippen LogP contribution in [0.2, 0.25) is 0 Å². The highest BCUT2D eigenvalue weighted by atomic mass is 16.4. The van der Waals surface area contributed by atoms with Crippen molar-refractivity contribution in [2.45, 2.75) is 25.8 Å². The van der Waals surface area contributed by atoms with Crippen LogP contribution in [0.1, 0.15) is 35.1 Å². The number of aromatic nitrogens is 2. The molecule has 104 valence electrons. The van der Waals surface area contributed by atoms with Crippen LogP contribution < -0.4 is 5.32 Å². The van der Waals surface area contributed by atoms with Crippen LogP contribution in [0.25, 0.3) is 11.0 Å². The van der Waals surface area contributed by atoms with Crippen molar-refractivity contribution in [3.05, 3.63) is 29.6 Å². The second kappa shape index (κ2) is 4.63. The highest BCUT2D eigenvalue weighted by molar-refractivity contribution is 5.93. The van der Waals surface area contributed by atoms with Gasteiger partial charge < -0.3 is 15.0 Å². The number of carbonyl (C=O) groups excluding carboxylic acids is 1. The minimum Gasteiger partial charge on any atom is -0.478 e. The van der Waals surface area contributed by atoms with Gasteiger partial charge in [0.05, 0.1) is 16.6 Å². The first-order chi connectivity index (χ1) is 9.58. The van der Waals surface area contributed by atoms with E-state index in [2.05, 4.69) is 10.3 Å². The Morgan fingerprint density at radius 2 is 2.30 bits per heavy atom. The molecule has 0 aliphatic carbocycles. The largest absolute Gasteiger partial charge is 0.478 e. The molecule has 3 rings (SSSR count). The zero-order valence-corrected chi connectivity index (χ0v) is 11.1. The molecule has 0 bridgehead atoms. The number of imidazole rings is 1. The Bertz CT molecular complexity index is 705. The molecule has 20 heavy (non-hydrogen) atoms. The van der Waals surface area contributed by atoms with E-state index in [1.165, 1.54) is 6.07 Å². The Morgan fingerprint density at radius 1 is 1.50 bits per heavy atom. The molecule has 1 atom stereocenters. The summed E-state index contributed by atoms with van der Waals surface area (Å²) in [6.45, 7) is 2.53. The molecule has 1 aliphatic heterocycles. The van der Waals surface area contributed by atoms with Gasteiger partial charge in [0.15, 0.2) is 0 Å². The van der Waals surface area contributed by atoms with E-state index >= 15 is 0 Å². The van der Waals surface area contributed by atoms with Crippen molar-refractivity contribution in [2.24, 2.45) is 0 Å². The number of rotatable bonds is 2. The van der Waals surface area contributed by atoms with Crippen LogP contribution in [-0.2, 0) is 4.79 Å². The van der Waals surface area contributed by atoms with Crippen molar-refractivity contribution in [1.82, 2.24) is 14.9 Å². The van der Waals surface area contributed by atoms with Crippen LogP contribution in [0.15, 0.2) is 18.2 Å². The normalized spacial score (nSPS) is 19.1. The molecule has 1 unspecified atom stereocenters. The van der Waals surface area contributed by atoms with Gasteiger partial charge >= 0.3 is 5.97 Å². The fourth-order valence-electron chi connectivity index (χ4n) is 2.74. The number of carboxylic acid groups (broad SMARTS) is 1. The highest BCUT2D eigenvalue weighted by Gasteiger charge is 2.26. The third-order valence-corrected chi connectivity index (χ3v) is 3.68. The quantitative estimate of drug-likeness (QED) is 0.868. The van der Waals surface area contributed by atoms with Gasteiger partial charge in [-0.3, -0.25) is 4.79 Å². The number of aryl methyl sites for hydroxylation is 1. The van der Waals surface area contributed by atoms with Gasteiger partial charge in [-0.15, -0.1) is 0 Å². The maximum Gasteiger partial charge on any atom is 0.335 e. The number of nitrogens with zero attached hydrogens (tertiary/aromatic N) is 2. The maximum atomic E-state index is 12.0. The Hall–Kier alpha value is -2.37. The van der Waals surface area contributed by atoms with E-state index in [-0.39, 0.29) is 17.5 Å². The van der Waals surface area contributed by atoms with Gasteiger partial charge in [0, 0.05) is 6.54 Å². The van der Waals surface area contributed by atoms with Gasteiger partial charge in [0.2, 0.25) is 5.91 Å². The van der Waals surface area contributed by atoms with Gasteiger partial charge in [-0.1, -0.05) is 0 Å². The molecule has 1 fully saturated rings. The lowest BCUT2D eigenvalue weighted by Gasteiger charge is -2.24. The second-order valence-corrected chi connectivity index (χ2v) is 4.99. The number of benzene rings is 1. The fraction of sp³-hybridized carbons (Fsp3) is 0.357. The van der Waals surface area contributed by atoms with Gasteiger partial charge in [-0.2, -0.15) is 0 Å². The number of nitrogens with one attached hydrogen (secondary N) is 1. The third-order valence-electron chi connectivity index (χ3n) is 3.68. The molecule has 1 saturated heterocycles. The van der Waals surface area contributed by atoms with Gasteiger partial charge in [-0.25, -0.2) is 9.78 Å². The van der Waals surface area contributed by atoms with Gasteiger partial charge in [-0.05, 0) is 38.0 Å². The molecule has 6 heteroatoms. The van der Waals surface area contributed by atoms with Crippen molar-refractivity contribution >= 4 is 22.9 Å². The number of aromatic carboxylic acids is 1. The minimum atomic E-state index is -0.981. The van der Waals surface area contributed by atoms with Crippen LogP contribution >= 0.6 is 0 Å². The molecular formula is C14H15N3O3. The van der Waals surface area contributed by atoms with E-state index in [0.29, 0.717) is 17.6 Å². The highest BCUT2D eigenvalue weighted by Crippen LogP contribution is 2.26. The van der Waals surface area contributed by atoms with Crippen LogP contribution in [-0.4, -0.2) is 33.1 Å². The molecule has 2 heterocycles. The second-order valence-electron chi connectivity index (χ2n) is 4.99. The van der Waals surface area contributed by atoms with Crippen LogP contribution in [0.4, 0.5) is 0 Å². The van der Waals surface area contributed by atoms with Crippen molar-refractivity contribution in [2.75, 3.05) is 6.54 Å². The smallest absolute Gasteiger partial charge is 0.335 e. The van der Waals surface area contributed by atoms with Crippen LogP contribution in [0.5, 0.6) is 0 Å². The number of carbonyl (C=O) groups is 2. The average Bonchev–Trinajstić information content (AvgIpc) is 2.74. The van der Waals surface area contributed by atoms with Gasteiger partial charge in [0.1, 0.15) is 11.9 Å². The third kappa shape index (κ3) is 1.93. The number of amides is 1. The Balaban J connectivity index is 2.17. The van der Waals surface area contributed by atoms with Crippen LogP contribution in [0, 0.1) is 6.92 Å². The Morgan fingerprint density at radius 3 is 3.00 bits per heavy atom. The number of carboxylic acids is 1. The molecule has 1 aromatic heterocycles. The summed E-state index contributed by atoms with van der Waals surface area (Å²) in [4.78, 5) is 27.5. The number of hydrogen-bond donors (Lipinski definition) is 2. The lowest BCUT2D eigenvalue weighted by atomic mass is 10.1. The van der Waals surface area contributed by atoms with E-state index in [9.17, 15) is 9.59 Å². The van der Waals surface area contributed by atoms with E-state index in [4.69, 9.17) is 5.11 Å². The molecule has 2 N–H and O–H groups in total. The predicted octanol–water partition coefficient (Wildman–Crippen LogP) is 1.49. The summed E-state index contributed by atoms with van der Waals surface area (Å²) in [5.74, 6) is -0.283. The summed E-state index contributed by atoms with van der Waals surface area (Å²) < 4.78 is 1.84. The van der Waals surface area contributed by atoms with E-state index in [1.54, 1.807) is 12.1 Å². The molecule has 1 aromatic carbocycles. The average molecular weight is 273 g/mol. The van der Waals surface area contributed by atoms with Crippen molar-refractivity contribution in [1.29, 1.82) is 0 Å². The standard InChI is InChI=1S/C14H15N3O3/c1-8-16-10-5-4-9(14(19)20)7-12(10)17(8)11-3-2-6-15-13(11)18/h4-5,7,11H,2-3,6H2,1H3,(H,15,18)(H,19,20). The first kappa shape index (κ1) is 12.7. The summed E-state index contributed by atoms with van der Waals surface area (Å²) in [7, 11) is 0. The van der Waals surface area contributed by atoms with E-state index in [0.717, 1.165) is 18.7 Å². The lowest BCUT2D eigenvalue weighted by molar-refractivity contribution is -0.125. The maximum absolute atomic E-state index is 12.0. The summed E-state index contributed by atoms with van der Waals surface area (Å²) in [6, 6.07) is 4.49. The molecular weight excluding hydrogens is 258 g/mol. The molecule has 0 radical (unpaired) electrons. The summed E-state index contributed by atoms with van der Waals surface area (Å²) in [6.07, 6.45) is 1.66. The number of hydrogen-bond acceptors (Lipinski definition) is 3. The first-order valence-corrected chi connectivity index (χ1v) is 6.57. The van der Waals surface area contributed by atoms with Crippen molar-refractivity contribution in [3.8, 4) is 0 Å². The zero-order chi connectivity index (χ0) is 14.3. The van der Waals surface area contributed by atoms with Crippen molar-refractivity contribution < 1.29 is 14.7 Å². The first-order valence-electron chi connectivity index (χ1n) is 6.57. The zero-order valence-electron chi connectivity index (χ0n) is 11.1. The summed E-state index contributed by atoms with van der Waals surface area (Å²) in [5, 5.41) is 11.9. The Kier molecular flexibility index (Phi) is 2.93. The lowest BCUT2D eigenvalue weighted by Crippen LogP contribution is -2.38. The van der Waals surface area contributed by atoms with Crippen LogP contribution in [0.3, 0.4) is 0 Å². The summed E-state index contributed by atoms with van der Waals surface area (Å²) >= 11 is 0. The van der Waals surface area contributed by atoms with Gasteiger partial charge in [0.25, 0.3) is 0 Å². The van der Waals surface area contributed by atoms with E-state index < -0.39 is 5.97 Å². The summed E-state index contributed by atoms with van der Waals surface area (Å²) in [5.41, 5.74) is 1.62. The topological polar surface area (TPSA) is 84.2 Å². The SMILES string of the molecule is Cc1nc2ccc(C(=O)O)cc2n1C1CCCNC1=O. The fourth-order valence-corrected chi connectivity index (χ4v) is 2.74. The number of piperidine rings is 1. The molecule has 0 spiro atoms. The minimum absolute atomic E-state index is 0.0284. The van der Waals surface area contributed by atoms with Crippen molar-refractivity contribution in [3.63, 3.8) is 0 Å². The molecule has 2 aromatic rings. The molecule has 0 saturated carbocycles. The molecule has 1 aliphatic rings. The molecule has 1 amide bonds. The predicted molar refractivity (Wildman–Crippen MR) is 72.7 cm³/mol.